The second kappa shape index (κ2) is 4.11. The lowest BCUT2D eigenvalue weighted by Gasteiger charge is -2.35. The van der Waals surface area contributed by atoms with Gasteiger partial charge in [0.15, 0.2) is 0 Å². The van der Waals surface area contributed by atoms with Gasteiger partial charge in [0.05, 0.1) is 0 Å². The zero-order valence-electron chi connectivity index (χ0n) is 10.2. The Kier molecular flexibility index (Phi) is 2.76. The summed E-state index contributed by atoms with van der Waals surface area (Å²) in [5, 5.41) is 0. The first-order chi connectivity index (χ1) is 7.74. The fraction of sp³-hybridized carbons (Fsp3) is 0.923. The van der Waals surface area contributed by atoms with Gasteiger partial charge in [0.25, 0.3) is 0 Å². The maximum atomic E-state index is 11.5. The summed E-state index contributed by atoms with van der Waals surface area (Å²) in [4.78, 5) is 16.6. The van der Waals surface area contributed by atoms with Crippen molar-refractivity contribution in [3.63, 3.8) is 0 Å². The van der Waals surface area contributed by atoms with Crippen molar-refractivity contribution in [3.05, 3.63) is 0 Å². The number of rotatable bonds is 4. The SMILES string of the molecule is CN(CCN1C2CCC1CC(=O)C2)C1CC1. The van der Waals surface area contributed by atoms with Crippen molar-refractivity contribution in [1.29, 1.82) is 0 Å². The highest BCUT2D eigenvalue weighted by atomic mass is 16.1. The summed E-state index contributed by atoms with van der Waals surface area (Å²) < 4.78 is 0. The molecule has 2 heterocycles. The number of fused-ring (bicyclic) bond motifs is 2. The fourth-order valence-corrected chi connectivity index (χ4v) is 3.40. The van der Waals surface area contributed by atoms with Gasteiger partial charge < -0.3 is 4.90 Å². The van der Waals surface area contributed by atoms with E-state index in [1.807, 2.05) is 0 Å². The molecule has 0 radical (unpaired) electrons. The maximum absolute atomic E-state index is 11.5. The number of carbonyl (C=O) groups is 1. The third-order valence-corrected chi connectivity index (χ3v) is 4.58. The van der Waals surface area contributed by atoms with Crippen LogP contribution < -0.4 is 0 Å². The normalized spacial score (nSPS) is 35.0. The molecule has 1 aliphatic carbocycles. The molecule has 0 aromatic heterocycles. The van der Waals surface area contributed by atoms with Crippen LogP contribution in [0.2, 0.25) is 0 Å². The third kappa shape index (κ3) is 2.03. The molecule has 16 heavy (non-hydrogen) atoms. The zero-order chi connectivity index (χ0) is 11.1. The van der Waals surface area contributed by atoms with E-state index in [1.54, 1.807) is 0 Å². The van der Waals surface area contributed by atoms with Crippen molar-refractivity contribution >= 4 is 5.78 Å². The predicted molar refractivity (Wildman–Crippen MR) is 63.4 cm³/mol. The van der Waals surface area contributed by atoms with E-state index in [0.717, 1.165) is 18.9 Å². The van der Waals surface area contributed by atoms with Crippen LogP contribution in [0, 0.1) is 0 Å². The molecule has 3 fully saturated rings. The monoisotopic (exact) mass is 222 g/mol. The van der Waals surface area contributed by atoms with Gasteiger partial charge in [-0.15, -0.1) is 0 Å². The standard InChI is InChI=1S/C13H22N2O/c1-14(10-2-3-10)6-7-15-11-4-5-12(15)9-13(16)8-11/h10-12H,2-9H2,1H3. The van der Waals surface area contributed by atoms with Crippen molar-refractivity contribution in [2.75, 3.05) is 20.1 Å². The van der Waals surface area contributed by atoms with Crippen LogP contribution in [0.1, 0.15) is 38.5 Å². The van der Waals surface area contributed by atoms with E-state index >= 15 is 0 Å². The first-order valence-corrected chi connectivity index (χ1v) is 6.71. The first-order valence-electron chi connectivity index (χ1n) is 6.71. The van der Waals surface area contributed by atoms with Gasteiger partial charge in [0, 0.05) is 44.1 Å². The Balaban J connectivity index is 1.53. The van der Waals surface area contributed by atoms with Gasteiger partial charge in [-0.2, -0.15) is 0 Å². The number of likely N-dealkylation sites (N-methyl/N-ethyl adjacent to an activating group) is 1. The van der Waals surface area contributed by atoms with Crippen molar-refractivity contribution < 1.29 is 4.79 Å². The van der Waals surface area contributed by atoms with Gasteiger partial charge in [-0.25, -0.2) is 0 Å². The molecule has 1 saturated carbocycles. The molecule has 2 bridgehead atoms. The lowest BCUT2D eigenvalue weighted by molar-refractivity contribution is -0.123. The lowest BCUT2D eigenvalue weighted by Crippen LogP contribution is -2.46. The Morgan fingerprint density at radius 2 is 1.81 bits per heavy atom. The smallest absolute Gasteiger partial charge is 0.136 e. The van der Waals surface area contributed by atoms with Gasteiger partial charge in [-0.3, -0.25) is 9.69 Å². The molecule has 0 N–H and O–H groups in total. The van der Waals surface area contributed by atoms with Crippen LogP contribution in [-0.4, -0.2) is 53.8 Å². The molecule has 2 atom stereocenters. The third-order valence-electron chi connectivity index (χ3n) is 4.58. The number of hydrogen-bond acceptors (Lipinski definition) is 3. The second-order valence-corrected chi connectivity index (χ2v) is 5.78. The fourth-order valence-electron chi connectivity index (χ4n) is 3.40. The number of hydrogen-bond donors (Lipinski definition) is 0. The van der Waals surface area contributed by atoms with Crippen LogP contribution >= 0.6 is 0 Å². The molecule has 2 aliphatic heterocycles. The zero-order valence-corrected chi connectivity index (χ0v) is 10.2. The minimum atomic E-state index is 0.499. The van der Waals surface area contributed by atoms with E-state index in [9.17, 15) is 4.79 Å². The number of carbonyl (C=O) groups excluding carboxylic acids is 1. The molecule has 3 aliphatic rings. The van der Waals surface area contributed by atoms with Crippen LogP contribution in [-0.2, 0) is 4.79 Å². The highest BCUT2D eigenvalue weighted by Crippen LogP contribution is 2.34. The number of nitrogens with zero attached hydrogens (tertiary/aromatic N) is 2. The minimum Gasteiger partial charge on any atom is -0.302 e. The van der Waals surface area contributed by atoms with E-state index in [0.29, 0.717) is 17.9 Å². The lowest BCUT2D eigenvalue weighted by atomic mass is 10.0. The maximum Gasteiger partial charge on any atom is 0.136 e. The van der Waals surface area contributed by atoms with E-state index in [4.69, 9.17) is 0 Å². The minimum absolute atomic E-state index is 0.499. The Morgan fingerprint density at radius 1 is 1.19 bits per heavy atom. The van der Waals surface area contributed by atoms with Crippen LogP contribution in [0.25, 0.3) is 0 Å². The second-order valence-electron chi connectivity index (χ2n) is 5.78. The Hall–Kier alpha value is -0.410. The Labute approximate surface area is 97.8 Å². The predicted octanol–water partition coefficient (Wildman–Crippen LogP) is 1.28. The van der Waals surface area contributed by atoms with Gasteiger partial charge in [0.1, 0.15) is 5.78 Å². The molecule has 2 saturated heterocycles. The van der Waals surface area contributed by atoms with Crippen LogP contribution in [0.15, 0.2) is 0 Å². The largest absolute Gasteiger partial charge is 0.302 e. The van der Waals surface area contributed by atoms with Crippen LogP contribution in [0.5, 0.6) is 0 Å². The van der Waals surface area contributed by atoms with Gasteiger partial charge in [-0.1, -0.05) is 0 Å². The molecule has 3 nitrogen and oxygen atoms in total. The summed E-state index contributed by atoms with van der Waals surface area (Å²) in [7, 11) is 2.24. The number of piperidine rings is 1. The molecule has 0 aromatic rings. The molecule has 90 valence electrons. The number of ketones is 1. The number of Topliss-reactive ketones (excluding diaryl/α,β-unsaturated/α-hetero) is 1. The molecule has 0 amide bonds. The molecule has 0 spiro atoms. The summed E-state index contributed by atoms with van der Waals surface area (Å²) in [5.74, 6) is 0.499. The summed E-state index contributed by atoms with van der Waals surface area (Å²) in [6.07, 6.45) is 6.93. The first kappa shape index (κ1) is 10.7. The van der Waals surface area contributed by atoms with Crippen molar-refractivity contribution in [2.45, 2.75) is 56.7 Å². The average molecular weight is 222 g/mol. The van der Waals surface area contributed by atoms with E-state index in [-0.39, 0.29) is 0 Å². The molecule has 0 aromatic carbocycles. The Bertz CT molecular complexity index is 272. The topological polar surface area (TPSA) is 23.6 Å². The molecular weight excluding hydrogens is 200 g/mol. The summed E-state index contributed by atoms with van der Waals surface area (Å²) in [6.45, 7) is 2.36. The van der Waals surface area contributed by atoms with Gasteiger partial charge in [0.2, 0.25) is 0 Å². The summed E-state index contributed by atoms with van der Waals surface area (Å²) in [5.41, 5.74) is 0. The summed E-state index contributed by atoms with van der Waals surface area (Å²) >= 11 is 0. The van der Waals surface area contributed by atoms with Gasteiger partial charge >= 0.3 is 0 Å². The highest BCUT2D eigenvalue weighted by molar-refractivity contribution is 5.80. The van der Waals surface area contributed by atoms with E-state index in [1.165, 1.54) is 38.8 Å². The molecule has 3 rings (SSSR count). The molecular formula is C13H22N2O. The molecule has 3 heteroatoms. The van der Waals surface area contributed by atoms with Crippen molar-refractivity contribution in [1.82, 2.24) is 9.80 Å². The molecule has 2 unspecified atom stereocenters. The summed E-state index contributed by atoms with van der Waals surface area (Å²) in [6, 6.07) is 2.03. The van der Waals surface area contributed by atoms with Crippen molar-refractivity contribution in [2.24, 2.45) is 0 Å². The van der Waals surface area contributed by atoms with Gasteiger partial charge in [-0.05, 0) is 32.7 Å². The van der Waals surface area contributed by atoms with E-state index in [2.05, 4.69) is 16.8 Å². The van der Waals surface area contributed by atoms with Crippen molar-refractivity contribution in [3.8, 4) is 0 Å². The highest BCUT2D eigenvalue weighted by Gasteiger charge is 2.40. The average Bonchev–Trinajstić information content (AvgIpc) is 3.04. The Morgan fingerprint density at radius 3 is 2.38 bits per heavy atom. The van der Waals surface area contributed by atoms with Crippen LogP contribution in [0.3, 0.4) is 0 Å². The van der Waals surface area contributed by atoms with Crippen LogP contribution in [0.4, 0.5) is 0 Å². The quantitative estimate of drug-likeness (QED) is 0.716. The van der Waals surface area contributed by atoms with E-state index < -0.39 is 0 Å².